The first kappa shape index (κ1) is 18.6. The molecule has 0 aliphatic carbocycles. The van der Waals surface area contributed by atoms with Crippen molar-refractivity contribution in [3.63, 3.8) is 0 Å². The number of carbonyl (C=O) groups excluding carboxylic acids is 1. The minimum Gasteiger partial charge on any atom is -0.478 e. The second kappa shape index (κ2) is 6.86. The zero-order valence-corrected chi connectivity index (χ0v) is 16.0. The van der Waals surface area contributed by atoms with Crippen molar-refractivity contribution in [2.75, 3.05) is 7.05 Å². The van der Waals surface area contributed by atoms with Crippen LogP contribution in [-0.4, -0.2) is 43.7 Å². The van der Waals surface area contributed by atoms with Gasteiger partial charge in [-0.3, -0.25) is 4.79 Å². The maximum atomic E-state index is 12.9. The fourth-order valence-corrected chi connectivity index (χ4v) is 3.01. The lowest BCUT2D eigenvalue weighted by Gasteiger charge is -2.17. The Morgan fingerprint density at radius 1 is 1.26 bits per heavy atom. The summed E-state index contributed by atoms with van der Waals surface area (Å²) in [6.45, 7) is 7.58. The van der Waals surface area contributed by atoms with Crippen LogP contribution in [-0.2, 0) is 6.54 Å². The van der Waals surface area contributed by atoms with Gasteiger partial charge < -0.3 is 14.4 Å². The van der Waals surface area contributed by atoms with Gasteiger partial charge in [-0.15, -0.1) is 0 Å². The van der Waals surface area contributed by atoms with Crippen LogP contribution in [0.2, 0.25) is 0 Å². The quantitative estimate of drug-likeness (QED) is 0.740. The van der Waals surface area contributed by atoms with Crippen molar-refractivity contribution in [2.45, 2.75) is 40.3 Å². The lowest BCUT2D eigenvalue weighted by atomic mass is 10.1. The molecule has 0 aromatic carbocycles. The van der Waals surface area contributed by atoms with Gasteiger partial charge in [0.15, 0.2) is 5.65 Å². The Bertz CT molecular complexity index is 1030. The summed E-state index contributed by atoms with van der Waals surface area (Å²) in [5.74, 6) is -0.534. The third kappa shape index (κ3) is 3.42. The summed E-state index contributed by atoms with van der Waals surface area (Å²) < 4.78 is 7.28. The van der Waals surface area contributed by atoms with Gasteiger partial charge in [-0.1, -0.05) is 0 Å². The van der Waals surface area contributed by atoms with Gasteiger partial charge in [-0.2, -0.15) is 5.10 Å². The van der Waals surface area contributed by atoms with Crippen LogP contribution in [0.5, 0.6) is 0 Å². The molecule has 0 bridgehead atoms. The van der Waals surface area contributed by atoms with Crippen LogP contribution in [0, 0.1) is 13.8 Å². The second-order valence-corrected chi connectivity index (χ2v) is 6.87. The van der Waals surface area contributed by atoms with E-state index < -0.39 is 5.97 Å². The minimum atomic E-state index is -1.05. The summed E-state index contributed by atoms with van der Waals surface area (Å²) >= 11 is 0. The summed E-state index contributed by atoms with van der Waals surface area (Å²) in [6, 6.07) is 3.41. The number of pyridine rings is 1. The van der Waals surface area contributed by atoms with Crippen LogP contribution in [0.25, 0.3) is 11.0 Å². The smallest absolute Gasteiger partial charge is 0.339 e. The number of carbonyl (C=O) groups is 2. The average molecular weight is 370 g/mol. The van der Waals surface area contributed by atoms with Gasteiger partial charge in [0.2, 0.25) is 0 Å². The highest BCUT2D eigenvalue weighted by molar-refractivity contribution is 5.98. The molecule has 8 heteroatoms. The molecule has 0 saturated heterocycles. The molecular formula is C19H22N4O4. The number of hydrogen-bond acceptors (Lipinski definition) is 5. The Morgan fingerprint density at radius 2 is 1.96 bits per heavy atom. The number of aryl methyl sites for hydroxylation is 2. The number of aromatic nitrogens is 3. The van der Waals surface area contributed by atoms with Crippen LogP contribution in [0.15, 0.2) is 22.7 Å². The molecule has 0 saturated carbocycles. The number of furan rings is 1. The first-order valence-electron chi connectivity index (χ1n) is 8.62. The molecule has 0 atom stereocenters. The molecule has 0 fully saturated rings. The zero-order chi connectivity index (χ0) is 19.9. The molecule has 3 heterocycles. The first-order chi connectivity index (χ1) is 12.7. The Balaban J connectivity index is 1.87. The fourth-order valence-electron chi connectivity index (χ4n) is 3.01. The Labute approximate surface area is 156 Å². The zero-order valence-electron chi connectivity index (χ0n) is 16.0. The van der Waals surface area contributed by atoms with E-state index in [4.69, 9.17) is 9.52 Å². The summed E-state index contributed by atoms with van der Waals surface area (Å²) in [5, 5.41) is 14.3. The van der Waals surface area contributed by atoms with E-state index in [1.165, 1.54) is 11.0 Å². The SMILES string of the molecule is Cc1nc2c(cnn2C(C)C)cc1C(=O)N(C)Cc1cc(C(=O)O)c(C)o1. The van der Waals surface area contributed by atoms with Gasteiger partial charge in [-0.25, -0.2) is 14.5 Å². The van der Waals surface area contributed by atoms with E-state index in [-0.39, 0.29) is 24.1 Å². The predicted molar refractivity (Wildman–Crippen MR) is 98.9 cm³/mol. The van der Waals surface area contributed by atoms with E-state index in [0.29, 0.717) is 22.8 Å². The van der Waals surface area contributed by atoms with Gasteiger partial charge in [0, 0.05) is 18.5 Å². The summed E-state index contributed by atoms with van der Waals surface area (Å²) in [6.07, 6.45) is 1.70. The van der Waals surface area contributed by atoms with E-state index in [1.54, 1.807) is 33.2 Å². The lowest BCUT2D eigenvalue weighted by Crippen LogP contribution is -2.27. The first-order valence-corrected chi connectivity index (χ1v) is 8.62. The molecule has 3 aromatic heterocycles. The largest absolute Gasteiger partial charge is 0.478 e. The normalized spacial score (nSPS) is 11.3. The number of hydrogen-bond donors (Lipinski definition) is 1. The van der Waals surface area contributed by atoms with Gasteiger partial charge >= 0.3 is 5.97 Å². The van der Waals surface area contributed by atoms with Crippen molar-refractivity contribution in [1.82, 2.24) is 19.7 Å². The number of amides is 1. The topological polar surface area (TPSA) is 101 Å². The van der Waals surface area contributed by atoms with Gasteiger partial charge in [0.25, 0.3) is 5.91 Å². The predicted octanol–water partition coefficient (Wildman–Crippen LogP) is 3.19. The lowest BCUT2D eigenvalue weighted by molar-refractivity contribution is 0.0694. The van der Waals surface area contributed by atoms with Crippen LogP contribution >= 0.6 is 0 Å². The molecule has 1 N–H and O–H groups in total. The third-order valence-electron chi connectivity index (χ3n) is 4.42. The molecule has 0 radical (unpaired) electrons. The highest BCUT2D eigenvalue weighted by atomic mass is 16.4. The maximum Gasteiger partial charge on any atom is 0.339 e. The monoisotopic (exact) mass is 370 g/mol. The third-order valence-corrected chi connectivity index (χ3v) is 4.42. The second-order valence-electron chi connectivity index (χ2n) is 6.87. The van der Waals surface area contributed by atoms with E-state index in [2.05, 4.69) is 10.1 Å². The number of nitrogens with zero attached hydrogens (tertiary/aromatic N) is 4. The number of carboxylic acids is 1. The van der Waals surface area contributed by atoms with E-state index >= 15 is 0 Å². The number of fused-ring (bicyclic) bond motifs is 1. The minimum absolute atomic E-state index is 0.103. The van der Waals surface area contributed by atoms with E-state index in [0.717, 1.165) is 11.0 Å². The van der Waals surface area contributed by atoms with Crippen LogP contribution in [0.1, 0.15) is 57.8 Å². The Kier molecular flexibility index (Phi) is 4.73. The van der Waals surface area contributed by atoms with Crippen molar-refractivity contribution in [3.05, 3.63) is 46.7 Å². The van der Waals surface area contributed by atoms with Crippen LogP contribution < -0.4 is 0 Å². The highest BCUT2D eigenvalue weighted by Gasteiger charge is 2.21. The van der Waals surface area contributed by atoms with Gasteiger partial charge in [-0.05, 0) is 39.8 Å². The van der Waals surface area contributed by atoms with Crippen molar-refractivity contribution in [3.8, 4) is 0 Å². The van der Waals surface area contributed by atoms with Gasteiger partial charge in [0.1, 0.15) is 17.1 Å². The van der Waals surface area contributed by atoms with E-state index in [9.17, 15) is 9.59 Å². The van der Waals surface area contributed by atoms with E-state index in [1.807, 2.05) is 18.5 Å². The molecule has 27 heavy (non-hydrogen) atoms. The average Bonchev–Trinajstić information content (AvgIpc) is 3.16. The highest BCUT2D eigenvalue weighted by Crippen LogP contribution is 2.21. The molecule has 8 nitrogen and oxygen atoms in total. The van der Waals surface area contributed by atoms with Crippen molar-refractivity contribution in [2.24, 2.45) is 0 Å². The van der Waals surface area contributed by atoms with Crippen molar-refractivity contribution >= 4 is 22.9 Å². The standard InChI is InChI=1S/C19H22N4O4/c1-10(2)23-17-13(8-20-23)6-15(11(3)21-17)18(24)22(5)9-14-7-16(19(25)26)12(4)27-14/h6-8,10H,9H2,1-5H3,(H,25,26). The molecular weight excluding hydrogens is 348 g/mol. The maximum absolute atomic E-state index is 12.9. The van der Waals surface area contributed by atoms with Gasteiger partial charge in [0.05, 0.1) is 24.0 Å². The van der Waals surface area contributed by atoms with Crippen molar-refractivity contribution < 1.29 is 19.1 Å². The van der Waals surface area contributed by atoms with Crippen LogP contribution in [0.4, 0.5) is 0 Å². The molecule has 0 spiro atoms. The molecule has 0 aliphatic heterocycles. The summed E-state index contributed by atoms with van der Waals surface area (Å²) in [7, 11) is 1.64. The van der Waals surface area contributed by atoms with Crippen molar-refractivity contribution in [1.29, 1.82) is 0 Å². The molecule has 1 amide bonds. The fraction of sp³-hybridized carbons (Fsp3) is 0.368. The summed E-state index contributed by atoms with van der Waals surface area (Å²) in [4.78, 5) is 30.1. The number of rotatable bonds is 5. The molecule has 0 unspecified atom stereocenters. The molecule has 0 aliphatic rings. The number of aromatic carboxylic acids is 1. The van der Waals surface area contributed by atoms with Crippen LogP contribution in [0.3, 0.4) is 0 Å². The Morgan fingerprint density at radius 3 is 2.56 bits per heavy atom. The Hall–Kier alpha value is -3.16. The number of carboxylic acid groups (broad SMARTS) is 1. The molecule has 3 aromatic rings. The molecule has 3 rings (SSSR count). The summed E-state index contributed by atoms with van der Waals surface area (Å²) in [5.41, 5.74) is 1.94. The molecule has 142 valence electrons.